The normalized spacial score (nSPS) is 16.6. The Hall–Kier alpha value is -5.24. The van der Waals surface area contributed by atoms with Crippen molar-refractivity contribution in [3.8, 4) is 5.69 Å². The van der Waals surface area contributed by atoms with Gasteiger partial charge in [-0.15, -0.1) is 0 Å². The number of amides is 1. The van der Waals surface area contributed by atoms with E-state index in [-0.39, 0.29) is 16.7 Å². The highest BCUT2D eigenvalue weighted by atomic mass is 19.1. The predicted molar refractivity (Wildman–Crippen MR) is 181 cm³/mol. The van der Waals surface area contributed by atoms with Gasteiger partial charge in [-0.25, -0.2) is 9.37 Å². The minimum atomic E-state index is -0.618. The van der Waals surface area contributed by atoms with Crippen molar-refractivity contribution in [1.82, 2.24) is 24.6 Å². The molecule has 0 atom stereocenters. The van der Waals surface area contributed by atoms with Gasteiger partial charge < -0.3 is 20.1 Å². The van der Waals surface area contributed by atoms with Crippen molar-refractivity contribution in [2.75, 3.05) is 43.2 Å². The van der Waals surface area contributed by atoms with E-state index in [0.29, 0.717) is 78.2 Å². The Balaban J connectivity index is 1.22. The Morgan fingerprint density at radius 2 is 1.90 bits per heavy atom. The molecular formula is C35H35FN8O4+. The number of ether oxygens (including phenoxy) is 1. The van der Waals surface area contributed by atoms with Crippen LogP contribution in [0.1, 0.15) is 42.3 Å². The molecule has 0 saturated carbocycles. The van der Waals surface area contributed by atoms with Crippen LogP contribution < -0.4 is 20.7 Å². The molecule has 1 amide bonds. The summed E-state index contributed by atoms with van der Waals surface area (Å²) >= 11 is 0. The summed E-state index contributed by atoms with van der Waals surface area (Å²) in [5, 5.41) is 18.7. The van der Waals surface area contributed by atoms with E-state index in [2.05, 4.69) is 20.4 Å². The fourth-order valence-electron chi connectivity index (χ4n) is 6.03. The number of anilines is 2. The third-order valence-electron chi connectivity index (χ3n) is 8.65. The van der Waals surface area contributed by atoms with E-state index >= 15 is 4.39 Å². The highest BCUT2D eigenvalue weighted by molar-refractivity contribution is 6.06. The second-order valence-electron chi connectivity index (χ2n) is 12.8. The monoisotopic (exact) mass is 650 g/mol. The van der Waals surface area contributed by atoms with E-state index in [1.54, 1.807) is 47.6 Å². The average molecular weight is 651 g/mol. The molecule has 12 nitrogen and oxygen atoms in total. The molecule has 1 radical (unpaired) electrons. The molecule has 2 aromatic heterocycles. The Kier molecular flexibility index (Phi) is 8.11. The van der Waals surface area contributed by atoms with Crippen LogP contribution in [0.15, 0.2) is 88.9 Å². The van der Waals surface area contributed by atoms with Crippen molar-refractivity contribution in [3.63, 3.8) is 0 Å². The topological polar surface area (TPSA) is 131 Å². The van der Waals surface area contributed by atoms with Gasteiger partial charge in [0.1, 0.15) is 17.3 Å². The van der Waals surface area contributed by atoms with Gasteiger partial charge in [0.05, 0.1) is 54.5 Å². The zero-order valence-electron chi connectivity index (χ0n) is 26.9. The number of aliphatic hydroxyl groups is 1. The summed E-state index contributed by atoms with van der Waals surface area (Å²) < 4.78 is 21.9. The van der Waals surface area contributed by atoms with Crippen LogP contribution >= 0.6 is 0 Å². The first kappa shape index (κ1) is 31.4. The number of amidine groups is 1. The molecule has 245 valence electrons. The fraction of sp³-hybridized carbons (Fsp3) is 0.286. The van der Waals surface area contributed by atoms with Gasteiger partial charge in [0.25, 0.3) is 11.5 Å². The largest absolute Gasteiger partial charge is 0.392 e. The van der Waals surface area contributed by atoms with Crippen LogP contribution in [-0.4, -0.2) is 69.5 Å². The third-order valence-corrected chi connectivity index (χ3v) is 8.65. The zero-order valence-corrected chi connectivity index (χ0v) is 26.9. The Labute approximate surface area is 276 Å². The Morgan fingerprint density at radius 3 is 2.62 bits per heavy atom. The third kappa shape index (κ3) is 5.76. The fourth-order valence-corrected chi connectivity index (χ4v) is 6.03. The number of aliphatic imine (C=N–C) groups is 1. The van der Waals surface area contributed by atoms with Crippen molar-refractivity contribution < 1.29 is 19.0 Å². The van der Waals surface area contributed by atoms with Crippen LogP contribution in [0.5, 0.6) is 0 Å². The summed E-state index contributed by atoms with van der Waals surface area (Å²) in [5.74, 6) is 0.469. The molecule has 3 aliphatic heterocycles. The molecule has 3 aliphatic rings. The van der Waals surface area contributed by atoms with Crippen molar-refractivity contribution in [3.05, 3.63) is 112 Å². The van der Waals surface area contributed by atoms with Gasteiger partial charge in [-0.1, -0.05) is 31.7 Å². The molecule has 7 rings (SSSR count). The van der Waals surface area contributed by atoms with Gasteiger partial charge in [0.15, 0.2) is 6.20 Å². The molecule has 0 unspecified atom stereocenters. The highest BCUT2D eigenvalue weighted by Gasteiger charge is 2.37. The number of carbonyl (C=O) groups is 1. The van der Waals surface area contributed by atoms with Gasteiger partial charge in [0, 0.05) is 36.4 Å². The number of benzene rings is 2. The van der Waals surface area contributed by atoms with E-state index in [4.69, 9.17) is 4.74 Å². The Morgan fingerprint density at radius 1 is 1.10 bits per heavy atom. The van der Waals surface area contributed by atoms with Crippen LogP contribution in [0.25, 0.3) is 16.5 Å². The van der Waals surface area contributed by atoms with Crippen LogP contribution in [0.2, 0.25) is 0 Å². The Bertz CT molecular complexity index is 2060. The number of rotatable bonds is 6. The number of aromatic nitrogens is 3. The maximum absolute atomic E-state index is 15.4. The number of hydrogen-bond donors (Lipinski definition) is 2. The van der Waals surface area contributed by atoms with E-state index in [1.165, 1.54) is 12.3 Å². The zero-order chi connectivity index (χ0) is 33.6. The molecular weight excluding hydrogens is 615 g/mol. The lowest BCUT2D eigenvalue weighted by molar-refractivity contribution is 0.0302. The van der Waals surface area contributed by atoms with Gasteiger partial charge in [-0.05, 0) is 47.4 Å². The smallest absolute Gasteiger partial charge is 0.308 e. The van der Waals surface area contributed by atoms with E-state index in [0.717, 1.165) is 10.2 Å². The summed E-state index contributed by atoms with van der Waals surface area (Å²) in [5.41, 5.74) is 2.33. The first-order valence-electron chi connectivity index (χ1n) is 15.7. The predicted octanol–water partition coefficient (Wildman–Crippen LogP) is 3.94. The number of pyridine rings is 1. The average Bonchev–Trinajstić information content (AvgIpc) is 3.57. The molecule has 0 spiro atoms. The molecule has 2 aromatic carbocycles. The molecule has 1 saturated heterocycles. The second-order valence-corrected chi connectivity index (χ2v) is 12.8. The summed E-state index contributed by atoms with van der Waals surface area (Å²) in [6.45, 7) is 8.01. The quantitative estimate of drug-likeness (QED) is 0.300. The maximum atomic E-state index is 15.4. The number of fused-ring (bicyclic) bond motifs is 2. The standard InChI is InChI=1S/C35H35FN8O4/c1-35(2,3)24-15-23-18-39-44(34(47)31(23)26(36)16-24)29-6-4-5-28(25(29)20-45)43-19-27(32-37-9-10-42(32)21-43)40-30-8-7-22(17-38-30)33(46)41-11-13-48-14-12-41/h4-10,15-19,45H,11-14,20-21H2,1-3H3,(H,38,40)/q+1. The number of nitrogens with one attached hydrogen (secondary N) is 1. The van der Waals surface area contributed by atoms with Gasteiger partial charge in [-0.3, -0.25) is 14.5 Å². The van der Waals surface area contributed by atoms with E-state index in [1.807, 2.05) is 49.0 Å². The van der Waals surface area contributed by atoms with Crippen molar-refractivity contribution in [1.29, 1.82) is 0 Å². The van der Waals surface area contributed by atoms with Crippen LogP contribution in [0.3, 0.4) is 0 Å². The number of hydrogen-bond acceptors (Lipinski definition) is 10. The molecule has 0 bridgehead atoms. The summed E-state index contributed by atoms with van der Waals surface area (Å²) in [7, 11) is 0. The van der Waals surface area contributed by atoms with Gasteiger partial charge in [-0.2, -0.15) is 14.8 Å². The summed E-state index contributed by atoms with van der Waals surface area (Å²) in [6, 6.07) is 11.9. The molecule has 4 aromatic rings. The summed E-state index contributed by atoms with van der Waals surface area (Å²) in [4.78, 5) is 41.2. The van der Waals surface area contributed by atoms with E-state index in [9.17, 15) is 14.7 Å². The molecule has 13 heteroatoms. The lowest BCUT2D eigenvalue weighted by Crippen LogP contribution is -2.46. The molecule has 2 N–H and O–H groups in total. The van der Waals surface area contributed by atoms with E-state index < -0.39 is 18.0 Å². The highest BCUT2D eigenvalue weighted by Crippen LogP contribution is 2.31. The van der Waals surface area contributed by atoms with Crippen molar-refractivity contribution >= 4 is 34.0 Å². The minimum absolute atomic E-state index is 0.0649. The SMILES string of the molecule is CC(C)(C)c1cc(F)c2c(=O)n(-c3cccc(N4C=C(Nc5ccc(C(=O)N6CCOCC6)cn5)C5=NC=C[N+]5C4)c3CO)ncc2c1. The number of morpholine rings is 1. The second kappa shape index (κ2) is 12.4. The van der Waals surface area contributed by atoms with Crippen molar-refractivity contribution in [2.24, 2.45) is 4.99 Å². The lowest BCUT2D eigenvalue weighted by Gasteiger charge is -2.28. The molecule has 0 aliphatic carbocycles. The van der Waals surface area contributed by atoms with Crippen LogP contribution in [0.4, 0.5) is 15.9 Å². The first-order chi connectivity index (χ1) is 23.1. The first-order valence-corrected chi connectivity index (χ1v) is 15.7. The molecule has 48 heavy (non-hydrogen) atoms. The van der Waals surface area contributed by atoms with Gasteiger partial charge >= 0.3 is 5.84 Å². The lowest BCUT2D eigenvalue weighted by atomic mass is 9.86. The number of carbonyl (C=O) groups excluding carboxylic acids is 1. The number of aliphatic hydroxyl groups excluding tert-OH is 1. The number of halogens is 1. The van der Waals surface area contributed by atoms with Crippen molar-refractivity contribution in [2.45, 2.75) is 32.8 Å². The maximum Gasteiger partial charge on any atom is 0.308 e. The van der Waals surface area contributed by atoms with Gasteiger partial charge in [0.2, 0.25) is 6.67 Å². The number of nitrogens with zero attached hydrogens (tertiary/aromatic N) is 7. The molecule has 1 fully saturated rings. The van der Waals surface area contributed by atoms with Crippen LogP contribution in [0, 0.1) is 5.82 Å². The minimum Gasteiger partial charge on any atom is -0.392 e. The van der Waals surface area contributed by atoms with Crippen LogP contribution in [-0.2, 0) is 16.8 Å². The molecule has 5 heterocycles. The summed E-state index contributed by atoms with van der Waals surface area (Å²) in [6.07, 6.45) is 8.40.